The predicted molar refractivity (Wildman–Crippen MR) is 71.9 cm³/mol. The Morgan fingerprint density at radius 3 is 2.11 bits per heavy atom. The van der Waals surface area contributed by atoms with Crippen LogP contribution in [-0.2, 0) is 17.1 Å². The van der Waals surface area contributed by atoms with Gasteiger partial charge in [0.1, 0.15) is 4.90 Å². The highest BCUT2D eigenvalue weighted by Gasteiger charge is 2.29. The summed E-state index contributed by atoms with van der Waals surface area (Å²) in [5, 5.41) is 4.14. The van der Waals surface area contributed by atoms with Crippen LogP contribution in [0, 0.1) is 19.3 Å². The van der Waals surface area contributed by atoms with Crippen LogP contribution < -0.4 is 4.72 Å². The molecule has 0 saturated heterocycles. The standard InChI is InChI=1S/C12H23N3O2S/c1-8-11(9(2)15(7)13-8)18(16,17)14-10(3)12(4,5)6/h10,14H,1-7H3/t10-/m0/s1. The first-order valence-corrected chi connectivity index (χ1v) is 7.47. The molecule has 0 bridgehead atoms. The molecule has 0 unspecified atom stereocenters. The minimum atomic E-state index is -3.52. The Hall–Kier alpha value is -0.880. The van der Waals surface area contributed by atoms with Gasteiger partial charge < -0.3 is 0 Å². The average molecular weight is 273 g/mol. The van der Waals surface area contributed by atoms with E-state index in [9.17, 15) is 8.42 Å². The van der Waals surface area contributed by atoms with Crippen molar-refractivity contribution in [2.75, 3.05) is 0 Å². The zero-order chi connectivity index (χ0) is 14.3. The molecule has 0 fully saturated rings. The average Bonchev–Trinajstić information content (AvgIpc) is 2.38. The smallest absolute Gasteiger partial charge is 0.244 e. The number of nitrogens with zero attached hydrogens (tertiary/aromatic N) is 2. The van der Waals surface area contributed by atoms with Crippen LogP contribution in [0.3, 0.4) is 0 Å². The van der Waals surface area contributed by atoms with Crippen LogP contribution >= 0.6 is 0 Å². The maximum absolute atomic E-state index is 12.4. The molecule has 0 aliphatic heterocycles. The highest BCUT2D eigenvalue weighted by atomic mass is 32.2. The first kappa shape index (κ1) is 15.2. The third kappa shape index (κ3) is 2.92. The zero-order valence-electron chi connectivity index (χ0n) is 12.2. The van der Waals surface area contributed by atoms with Crippen LogP contribution in [0.15, 0.2) is 4.90 Å². The van der Waals surface area contributed by atoms with Gasteiger partial charge in [0.25, 0.3) is 0 Å². The molecule has 0 amide bonds. The second kappa shape index (κ2) is 4.66. The Bertz CT molecular complexity index is 538. The minimum absolute atomic E-state index is 0.128. The lowest BCUT2D eigenvalue weighted by molar-refractivity contribution is 0.317. The van der Waals surface area contributed by atoms with E-state index < -0.39 is 10.0 Å². The van der Waals surface area contributed by atoms with Gasteiger partial charge in [-0.25, -0.2) is 13.1 Å². The number of sulfonamides is 1. The van der Waals surface area contributed by atoms with E-state index in [1.807, 2.05) is 27.7 Å². The van der Waals surface area contributed by atoms with E-state index in [1.165, 1.54) is 0 Å². The summed E-state index contributed by atoms with van der Waals surface area (Å²) in [7, 11) is -1.77. The molecule has 0 radical (unpaired) electrons. The molecular weight excluding hydrogens is 250 g/mol. The van der Waals surface area contributed by atoms with Crippen molar-refractivity contribution in [3.05, 3.63) is 11.4 Å². The lowest BCUT2D eigenvalue weighted by atomic mass is 9.89. The van der Waals surface area contributed by atoms with E-state index in [4.69, 9.17) is 0 Å². The largest absolute Gasteiger partial charge is 0.271 e. The summed E-state index contributed by atoms with van der Waals surface area (Å²) in [5.41, 5.74) is 1.06. The Balaban J connectivity index is 3.16. The third-order valence-electron chi connectivity index (χ3n) is 3.34. The quantitative estimate of drug-likeness (QED) is 0.912. The zero-order valence-corrected chi connectivity index (χ0v) is 13.0. The first-order valence-electron chi connectivity index (χ1n) is 5.99. The number of hydrogen-bond donors (Lipinski definition) is 1. The molecule has 1 rings (SSSR count). The number of aryl methyl sites for hydroxylation is 2. The van der Waals surface area contributed by atoms with Gasteiger partial charge in [-0.15, -0.1) is 0 Å². The monoisotopic (exact) mass is 273 g/mol. The van der Waals surface area contributed by atoms with Crippen molar-refractivity contribution in [3.63, 3.8) is 0 Å². The lowest BCUT2D eigenvalue weighted by Gasteiger charge is -2.27. The molecule has 1 atom stereocenters. The molecule has 104 valence electrons. The molecule has 1 heterocycles. The van der Waals surface area contributed by atoms with Gasteiger partial charge in [0, 0.05) is 13.1 Å². The van der Waals surface area contributed by atoms with E-state index >= 15 is 0 Å². The van der Waals surface area contributed by atoms with Crippen molar-refractivity contribution in [2.24, 2.45) is 12.5 Å². The van der Waals surface area contributed by atoms with Gasteiger partial charge >= 0.3 is 0 Å². The second-order valence-electron chi connectivity index (χ2n) is 5.83. The molecule has 0 spiro atoms. The number of aromatic nitrogens is 2. The van der Waals surface area contributed by atoms with E-state index in [0.29, 0.717) is 16.3 Å². The summed E-state index contributed by atoms with van der Waals surface area (Å²) in [6.45, 7) is 11.4. The van der Waals surface area contributed by atoms with Crippen molar-refractivity contribution >= 4 is 10.0 Å². The molecule has 6 heteroatoms. The molecular formula is C12H23N3O2S. The number of hydrogen-bond acceptors (Lipinski definition) is 3. The van der Waals surface area contributed by atoms with Gasteiger partial charge in [-0.2, -0.15) is 5.10 Å². The van der Waals surface area contributed by atoms with Crippen LogP contribution in [0.25, 0.3) is 0 Å². The summed E-state index contributed by atoms with van der Waals surface area (Å²) >= 11 is 0. The molecule has 1 N–H and O–H groups in total. The summed E-state index contributed by atoms with van der Waals surface area (Å²) in [4.78, 5) is 0.293. The van der Waals surface area contributed by atoms with Gasteiger partial charge in [0.15, 0.2) is 0 Å². The van der Waals surface area contributed by atoms with Gasteiger partial charge in [-0.05, 0) is 26.2 Å². The lowest BCUT2D eigenvalue weighted by Crippen LogP contribution is -2.41. The summed E-state index contributed by atoms with van der Waals surface area (Å²) in [6, 6.07) is -0.151. The fourth-order valence-electron chi connectivity index (χ4n) is 1.61. The van der Waals surface area contributed by atoms with Crippen LogP contribution in [-0.4, -0.2) is 24.2 Å². The number of nitrogens with one attached hydrogen (secondary N) is 1. The normalized spacial score (nSPS) is 14.8. The van der Waals surface area contributed by atoms with E-state index in [1.54, 1.807) is 25.6 Å². The van der Waals surface area contributed by atoms with Crippen LogP contribution in [0.1, 0.15) is 39.1 Å². The molecule has 18 heavy (non-hydrogen) atoms. The topological polar surface area (TPSA) is 64.0 Å². The highest BCUT2D eigenvalue weighted by Crippen LogP contribution is 2.23. The molecule has 0 aliphatic carbocycles. The maximum Gasteiger partial charge on any atom is 0.244 e. The molecule has 1 aromatic heterocycles. The summed E-state index contributed by atoms with van der Waals surface area (Å²) < 4.78 is 29.1. The first-order chi connectivity index (χ1) is 7.97. The Kier molecular flexibility index (Phi) is 3.93. The third-order valence-corrected chi connectivity index (χ3v) is 5.13. The van der Waals surface area contributed by atoms with Crippen LogP contribution in [0.2, 0.25) is 0 Å². The fourth-order valence-corrected chi connectivity index (χ4v) is 3.50. The van der Waals surface area contributed by atoms with E-state index in [0.717, 1.165) is 0 Å². The van der Waals surface area contributed by atoms with Crippen molar-refractivity contribution in [2.45, 2.75) is 52.5 Å². The minimum Gasteiger partial charge on any atom is -0.271 e. The highest BCUT2D eigenvalue weighted by molar-refractivity contribution is 7.89. The maximum atomic E-state index is 12.4. The molecule has 0 saturated carbocycles. The van der Waals surface area contributed by atoms with Gasteiger partial charge in [0.05, 0.1) is 11.4 Å². The molecule has 0 aliphatic rings. The fraction of sp³-hybridized carbons (Fsp3) is 0.750. The van der Waals surface area contributed by atoms with Crippen LogP contribution in [0.5, 0.6) is 0 Å². The second-order valence-corrected chi connectivity index (χ2v) is 7.48. The molecule has 5 nitrogen and oxygen atoms in total. The molecule has 0 aromatic carbocycles. The summed E-state index contributed by atoms with van der Waals surface area (Å²) in [6.07, 6.45) is 0. The van der Waals surface area contributed by atoms with Crippen molar-refractivity contribution < 1.29 is 8.42 Å². The van der Waals surface area contributed by atoms with Crippen molar-refractivity contribution in [1.29, 1.82) is 0 Å². The van der Waals surface area contributed by atoms with E-state index in [2.05, 4.69) is 9.82 Å². The van der Waals surface area contributed by atoms with Gasteiger partial charge in [-0.3, -0.25) is 4.68 Å². The van der Waals surface area contributed by atoms with Gasteiger partial charge in [0.2, 0.25) is 10.0 Å². The van der Waals surface area contributed by atoms with Crippen molar-refractivity contribution in [3.8, 4) is 0 Å². The summed E-state index contributed by atoms with van der Waals surface area (Å²) in [5.74, 6) is 0. The predicted octanol–water partition coefficient (Wildman–Crippen LogP) is 1.75. The Labute approximate surface area is 110 Å². The van der Waals surface area contributed by atoms with Crippen molar-refractivity contribution in [1.82, 2.24) is 14.5 Å². The van der Waals surface area contributed by atoms with E-state index in [-0.39, 0.29) is 11.5 Å². The van der Waals surface area contributed by atoms with Crippen LogP contribution in [0.4, 0.5) is 0 Å². The Morgan fingerprint density at radius 2 is 1.78 bits per heavy atom. The number of rotatable bonds is 3. The Morgan fingerprint density at radius 1 is 1.28 bits per heavy atom. The SMILES string of the molecule is Cc1nn(C)c(C)c1S(=O)(=O)N[C@@H](C)C(C)(C)C. The molecule has 1 aromatic rings. The van der Waals surface area contributed by atoms with Gasteiger partial charge in [-0.1, -0.05) is 20.8 Å².